The van der Waals surface area contributed by atoms with Gasteiger partial charge < -0.3 is 9.47 Å². The van der Waals surface area contributed by atoms with Crippen molar-refractivity contribution in [3.63, 3.8) is 0 Å². The van der Waals surface area contributed by atoms with Crippen molar-refractivity contribution in [1.29, 1.82) is 0 Å². The quantitative estimate of drug-likeness (QED) is 0.424. The highest BCUT2D eigenvalue weighted by Crippen LogP contribution is 2.37. The van der Waals surface area contributed by atoms with Crippen molar-refractivity contribution in [2.45, 2.75) is 63.3 Å². The molecule has 0 radical (unpaired) electrons. The second-order valence-electron chi connectivity index (χ2n) is 8.27. The SMILES string of the molecule is CC(C)Oc1ccc(CSc2nc3sc4c(c3c(=O)n2C)CC(C)(C)OC4)cc1. The molecule has 154 valence electrons. The first-order valence-corrected chi connectivity index (χ1v) is 11.6. The lowest BCUT2D eigenvalue weighted by atomic mass is 9.94. The normalized spacial score (nSPS) is 15.7. The molecule has 0 bridgehead atoms. The smallest absolute Gasteiger partial charge is 0.262 e. The van der Waals surface area contributed by atoms with Gasteiger partial charge in [-0.15, -0.1) is 11.3 Å². The number of hydrogen-bond donors (Lipinski definition) is 0. The number of thioether (sulfide) groups is 1. The van der Waals surface area contributed by atoms with Gasteiger partial charge in [-0.25, -0.2) is 4.98 Å². The predicted molar refractivity (Wildman–Crippen MR) is 119 cm³/mol. The molecular weight excluding hydrogens is 404 g/mol. The van der Waals surface area contributed by atoms with Crippen LogP contribution >= 0.6 is 23.1 Å². The number of fused-ring (bicyclic) bond motifs is 3. The molecule has 1 aromatic carbocycles. The van der Waals surface area contributed by atoms with Gasteiger partial charge in [-0.2, -0.15) is 0 Å². The molecule has 7 heteroatoms. The summed E-state index contributed by atoms with van der Waals surface area (Å²) in [4.78, 5) is 19.9. The van der Waals surface area contributed by atoms with Gasteiger partial charge in [0.25, 0.3) is 5.56 Å². The molecule has 0 aliphatic carbocycles. The number of thiophene rings is 1. The number of nitrogens with zero attached hydrogens (tertiary/aromatic N) is 2. The Bertz CT molecular complexity index is 1100. The summed E-state index contributed by atoms with van der Waals surface area (Å²) in [6, 6.07) is 8.09. The average molecular weight is 431 g/mol. The molecule has 1 aliphatic rings. The highest BCUT2D eigenvalue weighted by molar-refractivity contribution is 7.98. The van der Waals surface area contributed by atoms with Gasteiger partial charge in [-0.3, -0.25) is 9.36 Å². The van der Waals surface area contributed by atoms with Crippen molar-refractivity contribution in [2.75, 3.05) is 0 Å². The lowest BCUT2D eigenvalue weighted by molar-refractivity contribution is -0.0379. The van der Waals surface area contributed by atoms with E-state index in [0.29, 0.717) is 6.61 Å². The Hall–Kier alpha value is -1.83. The molecule has 0 saturated heterocycles. The third-order valence-electron chi connectivity index (χ3n) is 4.93. The third kappa shape index (κ3) is 4.22. The monoisotopic (exact) mass is 430 g/mol. The molecular formula is C22H26N2O3S2. The second kappa shape index (κ2) is 7.78. The summed E-state index contributed by atoms with van der Waals surface area (Å²) in [6.45, 7) is 8.72. The Labute approximate surface area is 179 Å². The Morgan fingerprint density at radius 1 is 1.31 bits per heavy atom. The summed E-state index contributed by atoms with van der Waals surface area (Å²) in [6.07, 6.45) is 0.907. The lowest BCUT2D eigenvalue weighted by Gasteiger charge is -2.29. The van der Waals surface area contributed by atoms with Crippen molar-refractivity contribution in [3.8, 4) is 5.75 Å². The standard InChI is InChI=1S/C22H26N2O3S2/c1-13(2)27-15-8-6-14(7-9-15)12-28-21-23-19-18(20(25)24(21)5)16-10-22(3,4)26-11-17(16)29-19/h6-9,13H,10-12H2,1-5H3. The fraction of sp³-hybridized carbons (Fsp3) is 0.455. The molecule has 0 fully saturated rings. The van der Waals surface area contributed by atoms with E-state index in [9.17, 15) is 4.79 Å². The Balaban J connectivity index is 1.59. The highest BCUT2D eigenvalue weighted by atomic mass is 32.2. The predicted octanol–water partition coefficient (Wildman–Crippen LogP) is 4.93. The van der Waals surface area contributed by atoms with Gasteiger partial charge in [0.1, 0.15) is 10.6 Å². The van der Waals surface area contributed by atoms with Crippen LogP contribution in [-0.4, -0.2) is 21.3 Å². The van der Waals surface area contributed by atoms with Crippen LogP contribution in [0.15, 0.2) is 34.2 Å². The van der Waals surface area contributed by atoms with E-state index in [1.807, 2.05) is 33.0 Å². The zero-order valence-corrected chi connectivity index (χ0v) is 19.1. The fourth-order valence-corrected chi connectivity index (χ4v) is 5.54. The zero-order chi connectivity index (χ0) is 20.8. The van der Waals surface area contributed by atoms with Crippen molar-refractivity contribution >= 4 is 33.3 Å². The zero-order valence-electron chi connectivity index (χ0n) is 17.4. The minimum absolute atomic E-state index is 0.0355. The number of aromatic nitrogens is 2. The molecule has 3 heterocycles. The van der Waals surface area contributed by atoms with Crippen LogP contribution in [0.3, 0.4) is 0 Å². The van der Waals surface area contributed by atoms with Crippen LogP contribution in [0.5, 0.6) is 5.75 Å². The molecule has 4 rings (SSSR count). The third-order valence-corrected chi connectivity index (χ3v) is 7.13. The number of benzene rings is 1. The summed E-state index contributed by atoms with van der Waals surface area (Å²) in [5.41, 5.74) is 2.08. The molecule has 0 amide bonds. The van der Waals surface area contributed by atoms with Crippen molar-refractivity contribution in [1.82, 2.24) is 9.55 Å². The molecule has 5 nitrogen and oxygen atoms in total. The van der Waals surface area contributed by atoms with E-state index in [4.69, 9.17) is 14.5 Å². The van der Waals surface area contributed by atoms with E-state index >= 15 is 0 Å². The number of ether oxygens (including phenoxy) is 2. The van der Waals surface area contributed by atoms with Crippen LogP contribution in [0.1, 0.15) is 43.7 Å². The number of hydrogen-bond acceptors (Lipinski definition) is 6. The summed E-state index contributed by atoms with van der Waals surface area (Å²) in [5.74, 6) is 1.62. The lowest BCUT2D eigenvalue weighted by Crippen LogP contribution is -2.32. The topological polar surface area (TPSA) is 53.3 Å². The maximum atomic E-state index is 13.1. The highest BCUT2D eigenvalue weighted by Gasteiger charge is 2.31. The molecule has 0 atom stereocenters. The van der Waals surface area contributed by atoms with Crippen molar-refractivity contribution < 1.29 is 9.47 Å². The van der Waals surface area contributed by atoms with Crippen LogP contribution in [0.25, 0.3) is 10.2 Å². The average Bonchev–Trinajstić information content (AvgIpc) is 3.00. The van der Waals surface area contributed by atoms with Crippen molar-refractivity contribution in [2.24, 2.45) is 7.05 Å². The molecule has 0 N–H and O–H groups in total. The van der Waals surface area contributed by atoms with E-state index in [2.05, 4.69) is 26.0 Å². The number of rotatable bonds is 5. The van der Waals surface area contributed by atoms with Crippen molar-refractivity contribution in [3.05, 3.63) is 50.6 Å². The van der Waals surface area contributed by atoms with E-state index in [0.717, 1.165) is 43.7 Å². The Morgan fingerprint density at radius 2 is 2.03 bits per heavy atom. The molecule has 3 aromatic rings. The maximum absolute atomic E-state index is 13.1. The minimum atomic E-state index is -0.245. The molecule has 1 aliphatic heterocycles. The van der Waals surface area contributed by atoms with Gasteiger partial charge >= 0.3 is 0 Å². The second-order valence-corrected chi connectivity index (χ2v) is 10.3. The summed E-state index contributed by atoms with van der Waals surface area (Å²) in [5, 5.41) is 1.51. The van der Waals surface area contributed by atoms with E-state index < -0.39 is 0 Å². The van der Waals surface area contributed by atoms with Gasteiger partial charge in [0.15, 0.2) is 5.16 Å². The fourth-order valence-electron chi connectivity index (χ4n) is 3.47. The molecule has 29 heavy (non-hydrogen) atoms. The van der Waals surface area contributed by atoms with Gasteiger partial charge in [-0.05, 0) is 51.0 Å². The summed E-state index contributed by atoms with van der Waals surface area (Å²) < 4.78 is 13.3. The van der Waals surface area contributed by atoms with Gasteiger partial charge in [0.2, 0.25) is 0 Å². The van der Waals surface area contributed by atoms with E-state index in [1.54, 1.807) is 27.7 Å². The van der Waals surface area contributed by atoms with Gasteiger partial charge in [0.05, 0.1) is 23.7 Å². The van der Waals surface area contributed by atoms with E-state index in [1.165, 1.54) is 5.56 Å². The van der Waals surface area contributed by atoms with Crippen LogP contribution < -0.4 is 10.3 Å². The Kier molecular flexibility index (Phi) is 5.48. The van der Waals surface area contributed by atoms with Crippen LogP contribution in [0, 0.1) is 0 Å². The van der Waals surface area contributed by atoms with Gasteiger partial charge in [-0.1, -0.05) is 23.9 Å². The van der Waals surface area contributed by atoms with Crippen LogP contribution in [0.2, 0.25) is 0 Å². The molecule has 0 spiro atoms. The van der Waals surface area contributed by atoms with Crippen LogP contribution in [0.4, 0.5) is 0 Å². The molecule has 0 unspecified atom stereocenters. The first kappa shape index (κ1) is 20.4. The summed E-state index contributed by atoms with van der Waals surface area (Å²) >= 11 is 3.17. The summed E-state index contributed by atoms with van der Waals surface area (Å²) in [7, 11) is 1.81. The first-order valence-electron chi connectivity index (χ1n) is 9.77. The Morgan fingerprint density at radius 3 is 2.72 bits per heavy atom. The maximum Gasteiger partial charge on any atom is 0.262 e. The van der Waals surface area contributed by atoms with Crippen LogP contribution in [-0.2, 0) is 30.6 Å². The van der Waals surface area contributed by atoms with Gasteiger partial charge in [0, 0.05) is 24.1 Å². The minimum Gasteiger partial charge on any atom is -0.491 e. The largest absolute Gasteiger partial charge is 0.491 e. The molecule has 0 saturated carbocycles. The van der Waals surface area contributed by atoms with E-state index in [-0.39, 0.29) is 17.3 Å². The first-order chi connectivity index (χ1) is 13.7. The molecule has 2 aromatic heterocycles.